The Hall–Kier alpha value is -2.11. The van der Waals surface area contributed by atoms with E-state index >= 15 is 0 Å². The van der Waals surface area contributed by atoms with Crippen LogP contribution < -0.4 is 10.2 Å². The van der Waals surface area contributed by atoms with Gasteiger partial charge < -0.3 is 15.1 Å². The number of alkyl halides is 3. The molecular weight excluding hydrogens is 520 g/mol. The molecule has 0 amide bonds. The second kappa shape index (κ2) is 9.58. The lowest BCUT2D eigenvalue weighted by molar-refractivity contribution is -0.137. The van der Waals surface area contributed by atoms with E-state index in [0.29, 0.717) is 6.54 Å². The van der Waals surface area contributed by atoms with E-state index in [2.05, 4.69) is 30.1 Å². The van der Waals surface area contributed by atoms with E-state index in [9.17, 15) is 13.2 Å². The first-order valence-electron chi connectivity index (χ1n) is 10.1. The molecule has 0 unspecified atom stereocenters. The van der Waals surface area contributed by atoms with Crippen LogP contribution in [0.2, 0.25) is 0 Å². The molecule has 0 atom stereocenters. The van der Waals surface area contributed by atoms with Crippen LogP contribution in [0, 0.1) is 0 Å². The monoisotopic (exact) mass is 546 g/mol. The standard InChI is InChI=1S/C21H25F3N6.HI/c1-25-18(29-10-12-30(13-11-29)19-26-8-3-9-27-19)28-15-20(6-7-20)16-4-2-5-17(14-16)21(22,23)24;/h2-5,8-9,14H,6-7,10-13,15H2,1H3,(H,25,28);1H. The molecule has 2 aromatic rings. The first-order valence-corrected chi connectivity index (χ1v) is 10.1. The minimum Gasteiger partial charge on any atom is -0.355 e. The quantitative estimate of drug-likeness (QED) is 0.362. The second-order valence-corrected chi connectivity index (χ2v) is 7.78. The predicted molar refractivity (Wildman–Crippen MR) is 125 cm³/mol. The van der Waals surface area contributed by atoms with Crippen molar-refractivity contribution in [1.82, 2.24) is 20.2 Å². The van der Waals surface area contributed by atoms with E-state index in [1.54, 1.807) is 31.6 Å². The van der Waals surface area contributed by atoms with E-state index in [1.807, 2.05) is 0 Å². The Labute approximate surface area is 197 Å². The largest absolute Gasteiger partial charge is 0.416 e. The SMILES string of the molecule is CN=C(NCC1(c2cccc(C(F)(F)F)c2)CC1)N1CCN(c2ncccn2)CC1.I. The molecule has 0 radical (unpaired) electrons. The van der Waals surface area contributed by atoms with Gasteiger partial charge >= 0.3 is 6.18 Å². The van der Waals surface area contributed by atoms with Crippen molar-refractivity contribution in [3.63, 3.8) is 0 Å². The van der Waals surface area contributed by atoms with E-state index in [4.69, 9.17) is 0 Å². The summed E-state index contributed by atoms with van der Waals surface area (Å²) in [7, 11) is 1.73. The molecule has 2 heterocycles. The third-order valence-electron chi connectivity index (χ3n) is 5.87. The Kier molecular flexibility index (Phi) is 7.28. The summed E-state index contributed by atoms with van der Waals surface area (Å²) in [4.78, 5) is 17.3. The molecule has 1 aromatic carbocycles. The van der Waals surface area contributed by atoms with Crippen LogP contribution in [-0.4, -0.2) is 60.6 Å². The number of aromatic nitrogens is 2. The molecule has 0 spiro atoms. The van der Waals surface area contributed by atoms with Crippen molar-refractivity contribution >= 4 is 35.9 Å². The Morgan fingerprint density at radius 3 is 2.35 bits per heavy atom. The number of benzene rings is 1. The lowest BCUT2D eigenvalue weighted by Gasteiger charge is -2.36. The third kappa shape index (κ3) is 5.39. The van der Waals surface area contributed by atoms with Crippen LogP contribution in [0.4, 0.5) is 19.1 Å². The summed E-state index contributed by atoms with van der Waals surface area (Å²) in [5.74, 6) is 1.50. The zero-order valence-corrected chi connectivity index (χ0v) is 19.6. The lowest BCUT2D eigenvalue weighted by atomic mass is 9.94. The summed E-state index contributed by atoms with van der Waals surface area (Å²) < 4.78 is 39.3. The first kappa shape index (κ1) is 23.6. The summed E-state index contributed by atoms with van der Waals surface area (Å²) in [5.41, 5.74) is -0.0992. The number of rotatable bonds is 4. The van der Waals surface area contributed by atoms with Crippen molar-refractivity contribution < 1.29 is 13.2 Å². The maximum Gasteiger partial charge on any atom is 0.416 e. The number of aliphatic imine (C=N–C) groups is 1. The van der Waals surface area contributed by atoms with Gasteiger partial charge in [-0.3, -0.25) is 4.99 Å². The highest BCUT2D eigenvalue weighted by atomic mass is 127. The van der Waals surface area contributed by atoms with Crippen LogP contribution in [0.5, 0.6) is 0 Å². The average molecular weight is 546 g/mol. The van der Waals surface area contributed by atoms with Gasteiger partial charge in [-0.2, -0.15) is 13.2 Å². The Bertz CT molecular complexity index is 893. The van der Waals surface area contributed by atoms with Crippen molar-refractivity contribution in [2.45, 2.75) is 24.4 Å². The number of nitrogens with one attached hydrogen (secondary N) is 1. The molecule has 4 rings (SSSR count). The summed E-state index contributed by atoms with van der Waals surface area (Å²) in [6.45, 7) is 3.68. The molecule has 0 bridgehead atoms. The Morgan fingerprint density at radius 1 is 1.10 bits per heavy atom. The van der Waals surface area contributed by atoms with Crippen molar-refractivity contribution in [3.8, 4) is 0 Å². The van der Waals surface area contributed by atoms with Gasteiger partial charge in [0, 0.05) is 57.6 Å². The highest BCUT2D eigenvalue weighted by Gasteiger charge is 2.45. The van der Waals surface area contributed by atoms with Gasteiger partial charge in [0.25, 0.3) is 0 Å². The summed E-state index contributed by atoms with van der Waals surface area (Å²) in [6.07, 6.45) is 0.892. The minimum absolute atomic E-state index is 0. The zero-order valence-electron chi connectivity index (χ0n) is 17.3. The van der Waals surface area contributed by atoms with E-state index in [-0.39, 0.29) is 29.4 Å². The summed E-state index contributed by atoms with van der Waals surface area (Å²) in [5, 5.41) is 3.40. The fourth-order valence-electron chi connectivity index (χ4n) is 3.90. The number of nitrogens with zero attached hydrogens (tertiary/aromatic N) is 5. The molecule has 1 saturated heterocycles. The molecule has 2 aliphatic rings. The highest BCUT2D eigenvalue weighted by Crippen LogP contribution is 2.48. The molecule has 1 saturated carbocycles. The van der Waals surface area contributed by atoms with Gasteiger partial charge in [-0.25, -0.2) is 9.97 Å². The van der Waals surface area contributed by atoms with E-state index in [0.717, 1.165) is 62.6 Å². The topological polar surface area (TPSA) is 56.7 Å². The van der Waals surface area contributed by atoms with Crippen LogP contribution in [0.15, 0.2) is 47.7 Å². The normalized spacial score (nSPS) is 18.4. The zero-order chi connectivity index (χ0) is 21.2. The number of piperazine rings is 1. The fraction of sp³-hybridized carbons (Fsp3) is 0.476. The first-order chi connectivity index (χ1) is 14.4. The lowest BCUT2D eigenvalue weighted by Crippen LogP contribution is -2.53. The van der Waals surface area contributed by atoms with Crippen molar-refractivity contribution in [3.05, 3.63) is 53.9 Å². The number of guanidine groups is 1. The van der Waals surface area contributed by atoms with E-state index < -0.39 is 11.7 Å². The maximum absolute atomic E-state index is 13.1. The van der Waals surface area contributed by atoms with Crippen LogP contribution in [0.25, 0.3) is 0 Å². The van der Waals surface area contributed by atoms with Crippen LogP contribution in [-0.2, 0) is 11.6 Å². The van der Waals surface area contributed by atoms with Gasteiger partial charge in [0.05, 0.1) is 5.56 Å². The highest BCUT2D eigenvalue weighted by molar-refractivity contribution is 14.0. The van der Waals surface area contributed by atoms with Crippen molar-refractivity contribution in [2.75, 3.05) is 44.7 Å². The third-order valence-corrected chi connectivity index (χ3v) is 5.87. The molecule has 2 fully saturated rings. The number of hydrogen-bond acceptors (Lipinski definition) is 4. The second-order valence-electron chi connectivity index (χ2n) is 7.78. The maximum atomic E-state index is 13.1. The number of hydrogen-bond donors (Lipinski definition) is 1. The van der Waals surface area contributed by atoms with Gasteiger partial charge in [0.1, 0.15) is 0 Å². The van der Waals surface area contributed by atoms with Crippen molar-refractivity contribution in [2.24, 2.45) is 4.99 Å². The summed E-state index contributed by atoms with van der Waals surface area (Å²) in [6, 6.07) is 7.50. The Morgan fingerprint density at radius 2 is 1.77 bits per heavy atom. The van der Waals surface area contributed by atoms with Gasteiger partial charge in [-0.15, -0.1) is 24.0 Å². The molecule has 10 heteroatoms. The molecule has 31 heavy (non-hydrogen) atoms. The van der Waals surface area contributed by atoms with E-state index in [1.165, 1.54) is 12.1 Å². The van der Waals surface area contributed by atoms with Crippen LogP contribution in [0.1, 0.15) is 24.0 Å². The van der Waals surface area contributed by atoms with Crippen LogP contribution >= 0.6 is 24.0 Å². The molecule has 1 aliphatic carbocycles. The molecule has 1 N–H and O–H groups in total. The van der Waals surface area contributed by atoms with Gasteiger partial charge in [-0.05, 0) is 30.5 Å². The van der Waals surface area contributed by atoms with Gasteiger partial charge in [0.2, 0.25) is 5.95 Å². The molecule has 168 valence electrons. The fourth-order valence-corrected chi connectivity index (χ4v) is 3.90. The minimum atomic E-state index is -4.32. The van der Waals surface area contributed by atoms with Crippen LogP contribution in [0.3, 0.4) is 0 Å². The average Bonchev–Trinajstić information content (AvgIpc) is 3.56. The number of anilines is 1. The smallest absolute Gasteiger partial charge is 0.355 e. The molecule has 1 aromatic heterocycles. The van der Waals surface area contributed by atoms with Crippen molar-refractivity contribution in [1.29, 1.82) is 0 Å². The Balaban J connectivity index is 0.00000272. The number of halogens is 4. The molecule has 6 nitrogen and oxygen atoms in total. The van der Waals surface area contributed by atoms with Gasteiger partial charge in [-0.1, -0.05) is 18.2 Å². The molecular formula is C21H26F3IN6. The predicted octanol–water partition coefficient (Wildman–Crippen LogP) is 3.54. The van der Waals surface area contributed by atoms with Gasteiger partial charge in [0.15, 0.2) is 5.96 Å². The molecule has 1 aliphatic heterocycles. The summed E-state index contributed by atoms with van der Waals surface area (Å²) >= 11 is 0.